The third kappa shape index (κ3) is 3.10. The Bertz CT molecular complexity index is 7800. The number of likely N-dealkylation sites (tertiary alicyclic amines) is 1. The lowest BCUT2D eigenvalue weighted by Crippen LogP contribution is -2.51. The molecule has 5 aliphatic rings. The van der Waals surface area contributed by atoms with E-state index in [0.29, 0.717) is 96.5 Å². The Labute approximate surface area is 523 Å². The fraction of sp³-hybridized carbons (Fsp3) is 0.238. The molecule has 436 valence electrons. The molecule has 0 N–H and O–H groups in total. The van der Waals surface area contributed by atoms with Gasteiger partial charge in [0, 0.05) is 33.9 Å². The van der Waals surface area contributed by atoms with Crippen LogP contribution in [0.15, 0.2) is 12.1 Å². The van der Waals surface area contributed by atoms with Crippen molar-refractivity contribution in [3.8, 4) is 17.2 Å². The highest BCUT2D eigenvalue weighted by atomic mass is 16.6. The van der Waals surface area contributed by atoms with Crippen molar-refractivity contribution in [1.29, 1.82) is 0 Å². The number of hydrogen-bond acceptors (Lipinski definition) is 10. The molecule has 34 rings (SSSR count). The summed E-state index contributed by atoms with van der Waals surface area (Å²) in [5.74, 6) is 1.87. The maximum Gasteiger partial charge on any atom is 0.203 e. The largest absolute Gasteiger partial charge is 0.487 e. The predicted octanol–water partition coefficient (Wildman–Crippen LogP) is 18.1. The molecule has 2 spiro atoms. The summed E-state index contributed by atoms with van der Waals surface area (Å²) in [6.45, 7) is 5.92. The van der Waals surface area contributed by atoms with Crippen molar-refractivity contribution in [2.45, 2.75) is 16.9 Å². The first-order chi connectivity index (χ1) is 46.7. The van der Waals surface area contributed by atoms with Gasteiger partial charge < -0.3 is 42.6 Å². The van der Waals surface area contributed by atoms with Gasteiger partial charge >= 0.3 is 0 Å². The van der Waals surface area contributed by atoms with Crippen molar-refractivity contribution in [1.82, 2.24) is 4.90 Å². The van der Waals surface area contributed by atoms with E-state index >= 15 is 0 Å². The second kappa shape index (κ2) is 12.0. The lowest BCUT2D eigenvalue weighted by atomic mass is 9.47. The van der Waals surface area contributed by atoms with E-state index in [2.05, 4.69) is 24.1 Å². The Hall–Kier alpha value is -9.20. The average Bonchev–Trinajstić information content (AvgIpc) is 1.38. The zero-order valence-electron chi connectivity index (χ0n) is 51.0. The second-order valence-corrected chi connectivity index (χ2v) is 31.0. The first-order valence-electron chi connectivity index (χ1n) is 34.4. The summed E-state index contributed by atoms with van der Waals surface area (Å²) in [7, 11) is 7.65. The summed E-state index contributed by atoms with van der Waals surface area (Å²) in [5, 5.41) is 86.6. The van der Waals surface area contributed by atoms with E-state index in [9.17, 15) is 0 Å². The van der Waals surface area contributed by atoms with Crippen molar-refractivity contribution >= 4 is 291 Å². The first-order valence-corrected chi connectivity index (χ1v) is 34.4. The molecule has 94 heavy (non-hydrogen) atoms. The smallest absolute Gasteiger partial charge is 0.203 e. The van der Waals surface area contributed by atoms with Gasteiger partial charge in [0.05, 0.1) is 70.3 Å². The fourth-order valence-electron chi connectivity index (χ4n) is 28.0. The van der Waals surface area contributed by atoms with E-state index in [1.807, 2.05) is 0 Å². The standard InChI is InChI=1S/C84H41NO9/c1-85-19-83-77-69-61-51-41-33-25-23-24-27-31-29(25)37-45-39(31)49-43-35(27)36-28(24)32-30-26(23)34(33)42-48-38(30)46-40(32)50-44(36)54-53(43)65-59(49)67-57(45)63(55(61)47(37)41)71(77)73(67)79-75(65)76-66(54)60(50)68-58(46)64-56(48)62(52(42)51)70(69)78(83)72(64)74(68)80(76)84(79,83)82(85)20-17-21(92-14-11-89-8-5-86-2)81(94-16-13-91-10-7-88-4)22(18-20)93-15-12-90-9-6-87-3/h17-18,82H,5-16,19H2,1-4H3. The van der Waals surface area contributed by atoms with Crippen LogP contribution >= 0.6 is 0 Å². The molecule has 1 unspecified atom stereocenters. The number of methoxy groups -OCH3 is 3. The topological polar surface area (TPSA) is 86.3 Å². The van der Waals surface area contributed by atoms with Gasteiger partial charge in [-0.1, -0.05) is 0 Å². The van der Waals surface area contributed by atoms with Gasteiger partial charge in [-0.3, -0.25) is 4.90 Å². The molecule has 0 radical (unpaired) electrons. The van der Waals surface area contributed by atoms with Crippen molar-refractivity contribution in [2.75, 3.05) is 114 Å². The van der Waals surface area contributed by atoms with Gasteiger partial charge in [-0.2, -0.15) is 0 Å². The van der Waals surface area contributed by atoms with Gasteiger partial charge in [0.15, 0.2) is 11.5 Å². The Balaban J connectivity index is 0.830. The van der Waals surface area contributed by atoms with Gasteiger partial charge in [0.1, 0.15) is 19.8 Å². The van der Waals surface area contributed by atoms with E-state index < -0.39 is 10.8 Å². The van der Waals surface area contributed by atoms with Gasteiger partial charge in [0.25, 0.3) is 0 Å². The first kappa shape index (κ1) is 43.7. The Morgan fingerprint density at radius 2 is 0.489 bits per heavy atom. The molecule has 0 aromatic heterocycles. The molecule has 10 nitrogen and oxygen atoms in total. The maximum atomic E-state index is 7.18. The second-order valence-electron chi connectivity index (χ2n) is 31.0. The minimum Gasteiger partial charge on any atom is -0.487 e. The number of nitrogens with zero attached hydrogens (tertiary/aromatic N) is 1. The molecule has 29 aromatic carbocycles. The van der Waals surface area contributed by atoms with Crippen molar-refractivity contribution in [3.63, 3.8) is 0 Å². The number of hydrogen-bond donors (Lipinski definition) is 0. The monoisotopic (exact) mass is 1210 g/mol. The molecule has 29 aromatic rings. The summed E-state index contributed by atoms with van der Waals surface area (Å²) in [6.07, 6.45) is 0. The van der Waals surface area contributed by atoms with Crippen molar-refractivity contribution in [2.24, 2.45) is 0 Å². The van der Waals surface area contributed by atoms with Crippen LogP contribution in [0, 0.1) is 0 Å². The fourth-order valence-corrected chi connectivity index (χ4v) is 28.0. The lowest BCUT2D eigenvalue weighted by Gasteiger charge is -2.52. The minimum absolute atomic E-state index is 0.171. The van der Waals surface area contributed by atoms with Crippen molar-refractivity contribution < 1.29 is 42.6 Å². The minimum atomic E-state index is -0.592. The summed E-state index contributed by atoms with van der Waals surface area (Å²) >= 11 is 0. The van der Waals surface area contributed by atoms with Crippen LogP contribution in [0.25, 0.3) is 291 Å². The summed E-state index contributed by atoms with van der Waals surface area (Å²) in [4.78, 5) is 2.86. The molecule has 1 saturated heterocycles. The van der Waals surface area contributed by atoms with E-state index in [1.165, 1.54) is 5.56 Å². The molecule has 10 heteroatoms. The average molecular weight is 1210 g/mol. The molecule has 1 aliphatic heterocycles. The SMILES string of the molecule is COCCOCCOc1cc(C2N(C)CC34c5c6c7c8c9c%10c(c%11c%12c3c3c5c5c%13c6c6c7c7c9c9c%14c%10c%10c%11c%11c%12c%12c3c3c5c5c%13c%13c6c6c7c9c7c9c%14c%10c%10c%11c%11c%12c3c3c5c5c%13c6c7c6c9c%10c%11c3c56)C824)cc(OCCOCCOC)c1OCCOCCOC. The number of rotatable bonds is 22. The third-order valence-electron chi connectivity index (χ3n) is 29.0. The molecule has 1 fully saturated rings. The zero-order chi connectivity index (χ0) is 58.9. The normalized spacial score (nSPS) is 20.8. The quantitative estimate of drug-likeness (QED) is 0.0483. The number of ether oxygens (including phenoxy) is 9. The van der Waals surface area contributed by atoms with Crippen LogP contribution < -0.4 is 14.2 Å². The van der Waals surface area contributed by atoms with Crippen LogP contribution in [0.5, 0.6) is 17.2 Å². The molecule has 1 atom stereocenters. The van der Waals surface area contributed by atoms with Crippen LogP contribution in [-0.4, -0.2) is 119 Å². The highest BCUT2D eigenvalue weighted by molar-refractivity contribution is 6.82. The third-order valence-corrected chi connectivity index (χ3v) is 29.0. The lowest BCUT2D eigenvalue weighted by molar-refractivity contribution is 0.0467. The van der Waals surface area contributed by atoms with Gasteiger partial charge in [0.2, 0.25) is 5.75 Å². The molecule has 1 heterocycles. The van der Waals surface area contributed by atoms with Gasteiger partial charge in [-0.05, 0) is 338 Å². The van der Waals surface area contributed by atoms with Crippen LogP contribution in [0.1, 0.15) is 33.9 Å². The highest BCUT2D eigenvalue weighted by Crippen LogP contribution is 2.87. The van der Waals surface area contributed by atoms with Gasteiger partial charge in [-0.15, -0.1) is 0 Å². The van der Waals surface area contributed by atoms with Crippen LogP contribution in [0.2, 0.25) is 0 Å². The molecular weight excluding hydrogens is 1170 g/mol. The summed E-state index contributed by atoms with van der Waals surface area (Å²) in [5.41, 5.74) is 6.72. The van der Waals surface area contributed by atoms with Crippen LogP contribution in [0.4, 0.5) is 0 Å². The summed E-state index contributed by atoms with van der Waals surface area (Å²) < 4.78 is 56.0. The molecule has 0 saturated carbocycles. The van der Waals surface area contributed by atoms with Crippen LogP contribution in [0.3, 0.4) is 0 Å². The molecule has 0 bridgehead atoms. The van der Waals surface area contributed by atoms with Crippen LogP contribution in [-0.2, 0) is 39.3 Å². The van der Waals surface area contributed by atoms with Gasteiger partial charge in [-0.25, -0.2) is 0 Å². The predicted molar refractivity (Wildman–Crippen MR) is 380 cm³/mol. The Morgan fingerprint density at radius 1 is 0.277 bits per heavy atom. The highest BCUT2D eigenvalue weighted by Gasteiger charge is 2.76. The van der Waals surface area contributed by atoms with Crippen molar-refractivity contribution in [3.05, 3.63) is 39.9 Å². The maximum absolute atomic E-state index is 7.18. The van der Waals surface area contributed by atoms with E-state index in [1.54, 1.807) is 334 Å². The zero-order valence-corrected chi connectivity index (χ0v) is 51.0. The molecular formula is C84H41NO9. The number of benzene rings is 19. The molecule has 0 amide bonds. The molecule has 4 aliphatic carbocycles. The summed E-state index contributed by atoms with van der Waals surface area (Å²) in [6, 6.07) is 4.59. The number of likely N-dealkylation sites (N-methyl/N-ethyl adjacent to an activating group) is 1. The Morgan fingerprint density at radius 3 is 0.734 bits per heavy atom. The van der Waals surface area contributed by atoms with E-state index in [-0.39, 0.29) is 6.04 Å². The van der Waals surface area contributed by atoms with E-state index in [4.69, 9.17) is 42.6 Å². The van der Waals surface area contributed by atoms with E-state index in [0.717, 1.165) is 6.54 Å². The Kier molecular flexibility index (Phi) is 5.57.